The Bertz CT molecular complexity index is 1050. The number of fused-ring (bicyclic) bond motifs is 1. The molecule has 2 aromatic heterocycles. The molecule has 0 unspecified atom stereocenters. The van der Waals surface area contributed by atoms with E-state index in [1.807, 2.05) is 0 Å². The maximum atomic E-state index is 12.1. The summed E-state index contributed by atoms with van der Waals surface area (Å²) < 4.78 is 23.6. The van der Waals surface area contributed by atoms with Crippen LogP contribution in [0.1, 0.15) is 0 Å². The lowest BCUT2D eigenvalue weighted by atomic mass is 10.2. The van der Waals surface area contributed by atoms with Gasteiger partial charge in [-0.25, -0.2) is 18.4 Å². The van der Waals surface area contributed by atoms with Crippen LogP contribution in [0, 0.1) is 0 Å². The van der Waals surface area contributed by atoms with Crippen molar-refractivity contribution in [3.8, 4) is 0 Å². The third-order valence-electron chi connectivity index (χ3n) is 3.18. The first-order chi connectivity index (χ1) is 10.9. The van der Waals surface area contributed by atoms with Gasteiger partial charge in [0.05, 0.1) is 14.9 Å². The highest BCUT2D eigenvalue weighted by molar-refractivity contribution is 9.10. The number of halogens is 1. The van der Waals surface area contributed by atoms with Crippen LogP contribution in [-0.4, -0.2) is 29.6 Å². The van der Waals surface area contributed by atoms with Gasteiger partial charge in [-0.05, 0) is 40.2 Å². The summed E-state index contributed by atoms with van der Waals surface area (Å²) >= 11 is 3.33. The number of rotatable bonds is 3. The van der Waals surface area contributed by atoms with Crippen molar-refractivity contribution in [1.29, 1.82) is 0 Å². The minimum absolute atomic E-state index is 0.219. The van der Waals surface area contributed by atoms with Crippen LogP contribution in [0.15, 0.2) is 51.0 Å². The number of nitrogens with one attached hydrogen (secondary N) is 2. The van der Waals surface area contributed by atoms with E-state index in [-0.39, 0.29) is 10.5 Å². The molecule has 2 N–H and O–H groups in total. The van der Waals surface area contributed by atoms with E-state index in [1.165, 1.54) is 24.7 Å². The number of hydrogen-bond acceptors (Lipinski definition) is 6. The van der Waals surface area contributed by atoms with Crippen molar-refractivity contribution in [2.24, 2.45) is 0 Å². The fourth-order valence-electron chi connectivity index (χ4n) is 2.07. The van der Waals surface area contributed by atoms with Crippen molar-refractivity contribution in [3.05, 3.63) is 51.6 Å². The third-order valence-corrected chi connectivity index (χ3v) is 4.91. The Hall–Kier alpha value is -2.26. The van der Waals surface area contributed by atoms with Crippen molar-refractivity contribution >= 4 is 48.2 Å². The molecule has 0 bridgehead atoms. The first-order valence-electron chi connectivity index (χ1n) is 6.45. The van der Waals surface area contributed by atoms with Gasteiger partial charge in [-0.15, -0.1) is 0 Å². The smallest absolute Gasteiger partial charge is 0.261 e. The number of pyridine rings is 1. The minimum Gasteiger partial charge on any atom is -0.339 e. The maximum absolute atomic E-state index is 12.1. The molecule has 23 heavy (non-hydrogen) atoms. The summed E-state index contributed by atoms with van der Waals surface area (Å²) in [6, 6.07) is 6.19. The second kappa shape index (κ2) is 5.74. The van der Waals surface area contributed by atoms with Gasteiger partial charge in [0.1, 0.15) is 17.5 Å². The zero-order valence-corrected chi connectivity index (χ0v) is 14.3. The molecular formula is C14H11BrN4O3S. The predicted octanol–water partition coefficient (Wildman–Crippen LogP) is 2.23. The van der Waals surface area contributed by atoms with Crippen molar-refractivity contribution < 1.29 is 8.42 Å². The molecule has 0 atom stereocenters. The number of aromatic nitrogens is 3. The second-order valence-corrected chi connectivity index (χ2v) is 7.70. The Morgan fingerprint density at radius 3 is 2.52 bits per heavy atom. The molecule has 0 radical (unpaired) electrons. The zero-order valence-electron chi connectivity index (χ0n) is 11.9. The molecule has 2 heterocycles. The summed E-state index contributed by atoms with van der Waals surface area (Å²) in [5.74, 6) is 0.338. The lowest BCUT2D eigenvalue weighted by molar-refractivity contribution is 0.602. The Kier molecular flexibility index (Phi) is 3.90. The molecule has 0 aliphatic carbocycles. The van der Waals surface area contributed by atoms with E-state index < -0.39 is 9.84 Å². The molecule has 9 heteroatoms. The Labute approximate surface area is 139 Å². The van der Waals surface area contributed by atoms with Gasteiger partial charge in [0.15, 0.2) is 9.84 Å². The maximum Gasteiger partial charge on any atom is 0.261 e. The minimum atomic E-state index is -3.25. The van der Waals surface area contributed by atoms with E-state index in [0.717, 1.165) is 6.26 Å². The summed E-state index contributed by atoms with van der Waals surface area (Å²) in [7, 11) is -3.25. The standard InChI is InChI=1S/C14H11BrN4O3S/c1-23(21,22)9-4-2-8(3-5-9)19-13-11-12(17-7-18-13)10(15)6-16-14(11)20/h2-7H,1H3,(H,16,20)(H,17,18,19). The van der Waals surface area contributed by atoms with Crippen molar-refractivity contribution in [1.82, 2.24) is 15.0 Å². The van der Waals surface area contributed by atoms with E-state index >= 15 is 0 Å². The molecule has 0 spiro atoms. The van der Waals surface area contributed by atoms with Crippen LogP contribution >= 0.6 is 15.9 Å². The summed E-state index contributed by atoms with van der Waals surface area (Å²) in [6.07, 6.45) is 4.01. The lowest BCUT2D eigenvalue weighted by Crippen LogP contribution is -2.10. The van der Waals surface area contributed by atoms with E-state index in [2.05, 4.69) is 36.2 Å². The molecule has 118 valence electrons. The molecule has 0 saturated carbocycles. The number of aromatic amines is 1. The SMILES string of the molecule is CS(=O)(=O)c1ccc(Nc2ncnc3c(Br)c[nH]c(=O)c23)cc1. The molecule has 0 amide bonds. The van der Waals surface area contributed by atoms with Crippen LogP contribution in [0.2, 0.25) is 0 Å². The summed E-state index contributed by atoms with van der Waals surface area (Å²) in [4.78, 5) is 23.1. The number of anilines is 2. The summed E-state index contributed by atoms with van der Waals surface area (Å²) in [6.45, 7) is 0. The number of H-pyrrole nitrogens is 1. The van der Waals surface area contributed by atoms with Crippen LogP contribution < -0.4 is 10.9 Å². The van der Waals surface area contributed by atoms with Gasteiger partial charge < -0.3 is 10.3 Å². The molecule has 7 nitrogen and oxygen atoms in total. The predicted molar refractivity (Wildman–Crippen MR) is 90.7 cm³/mol. The first kappa shape index (κ1) is 15.6. The van der Waals surface area contributed by atoms with E-state index in [4.69, 9.17) is 0 Å². The highest BCUT2D eigenvalue weighted by Gasteiger charge is 2.11. The number of hydrogen-bond donors (Lipinski definition) is 2. The molecule has 0 saturated heterocycles. The van der Waals surface area contributed by atoms with Gasteiger partial charge in [-0.2, -0.15) is 0 Å². The normalized spacial score (nSPS) is 11.6. The molecular weight excluding hydrogens is 384 g/mol. The Morgan fingerprint density at radius 2 is 1.87 bits per heavy atom. The van der Waals surface area contributed by atoms with E-state index in [0.29, 0.717) is 26.9 Å². The van der Waals surface area contributed by atoms with Gasteiger partial charge in [-0.1, -0.05) is 0 Å². The average Bonchev–Trinajstić information content (AvgIpc) is 2.51. The van der Waals surface area contributed by atoms with Crippen LogP contribution in [0.25, 0.3) is 10.9 Å². The van der Waals surface area contributed by atoms with Gasteiger partial charge in [0.2, 0.25) is 0 Å². The van der Waals surface area contributed by atoms with Crippen molar-refractivity contribution in [2.45, 2.75) is 4.90 Å². The number of sulfone groups is 1. The summed E-state index contributed by atoms with van der Waals surface area (Å²) in [5.41, 5.74) is 0.773. The topological polar surface area (TPSA) is 105 Å². The molecule has 3 rings (SSSR count). The fraction of sp³-hybridized carbons (Fsp3) is 0.0714. The molecule has 0 aliphatic rings. The molecule has 3 aromatic rings. The van der Waals surface area contributed by atoms with Gasteiger partial charge in [-0.3, -0.25) is 4.79 Å². The lowest BCUT2D eigenvalue weighted by Gasteiger charge is -2.08. The third kappa shape index (κ3) is 3.10. The van der Waals surface area contributed by atoms with Gasteiger partial charge in [0.25, 0.3) is 5.56 Å². The van der Waals surface area contributed by atoms with Gasteiger partial charge in [0, 0.05) is 18.1 Å². The van der Waals surface area contributed by atoms with Crippen LogP contribution in [0.3, 0.4) is 0 Å². The zero-order chi connectivity index (χ0) is 16.6. The second-order valence-electron chi connectivity index (χ2n) is 4.83. The monoisotopic (exact) mass is 394 g/mol. The summed E-state index contributed by atoms with van der Waals surface area (Å²) in [5, 5.41) is 3.32. The Morgan fingerprint density at radius 1 is 1.17 bits per heavy atom. The molecule has 1 aromatic carbocycles. The van der Waals surface area contributed by atoms with Crippen LogP contribution in [-0.2, 0) is 9.84 Å². The molecule has 0 fully saturated rings. The highest BCUT2D eigenvalue weighted by Crippen LogP contribution is 2.25. The quantitative estimate of drug-likeness (QED) is 0.705. The average molecular weight is 395 g/mol. The van der Waals surface area contributed by atoms with E-state index in [9.17, 15) is 13.2 Å². The van der Waals surface area contributed by atoms with Crippen molar-refractivity contribution in [3.63, 3.8) is 0 Å². The van der Waals surface area contributed by atoms with Gasteiger partial charge >= 0.3 is 0 Å². The fourth-order valence-corrected chi connectivity index (χ4v) is 3.11. The molecule has 0 aliphatic heterocycles. The number of nitrogens with zero attached hydrogens (tertiary/aromatic N) is 2. The largest absolute Gasteiger partial charge is 0.339 e. The van der Waals surface area contributed by atoms with Crippen LogP contribution in [0.5, 0.6) is 0 Å². The van der Waals surface area contributed by atoms with Crippen molar-refractivity contribution in [2.75, 3.05) is 11.6 Å². The number of benzene rings is 1. The van der Waals surface area contributed by atoms with E-state index in [1.54, 1.807) is 12.1 Å². The highest BCUT2D eigenvalue weighted by atomic mass is 79.9. The Balaban J connectivity index is 2.06. The first-order valence-corrected chi connectivity index (χ1v) is 9.14. The van der Waals surface area contributed by atoms with Crippen LogP contribution in [0.4, 0.5) is 11.5 Å².